The van der Waals surface area contributed by atoms with E-state index in [0.717, 1.165) is 5.56 Å². The van der Waals surface area contributed by atoms with Crippen LogP contribution in [0.4, 0.5) is 0 Å². The normalized spacial score (nSPS) is 22.7. The quantitative estimate of drug-likeness (QED) is 0.898. The standard InChI is InChI=1S/C16H21NO3S/c1-16(2,3)11-6-4-10(5-7-11)8-13-14(18)17-12(9-21-13)15(19)20/h4-7,12-13H,8-9H2,1-3H3,(H,17,18)(H,19,20)/t12-,13+/m1/s1. The number of carboxylic acids is 1. The highest BCUT2D eigenvalue weighted by atomic mass is 32.2. The van der Waals surface area contributed by atoms with E-state index in [1.165, 1.54) is 17.3 Å². The second-order valence-corrected chi connectivity index (χ2v) is 7.61. The molecule has 2 N–H and O–H groups in total. The molecule has 21 heavy (non-hydrogen) atoms. The number of nitrogens with one attached hydrogen (secondary N) is 1. The number of carboxylic acid groups (broad SMARTS) is 1. The summed E-state index contributed by atoms with van der Waals surface area (Å²) in [6, 6.07) is 7.54. The van der Waals surface area contributed by atoms with Crippen molar-refractivity contribution < 1.29 is 14.7 Å². The predicted octanol–water partition coefficient (Wildman–Crippen LogP) is 2.21. The molecule has 1 aromatic carbocycles. The van der Waals surface area contributed by atoms with E-state index in [9.17, 15) is 9.59 Å². The molecule has 4 nitrogen and oxygen atoms in total. The minimum Gasteiger partial charge on any atom is -0.480 e. The molecule has 0 saturated carbocycles. The van der Waals surface area contributed by atoms with Gasteiger partial charge in [-0.15, -0.1) is 11.8 Å². The maximum atomic E-state index is 11.9. The van der Waals surface area contributed by atoms with Gasteiger partial charge < -0.3 is 10.4 Å². The highest BCUT2D eigenvalue weighted by Crippen LogP contribution is 2.25. The van der Waals surface area contributed by atoms with E-state index < -0.39 is 12.0 Å². The lowest BCUT2D eigenvalue weighted by Gasteiger charge is -2.26. The van der Waals surface area contributed by atoms with Gasteiger partial charge in [-0.3, -0.25) is 4.79 Å². The van der Waals surface area contributed by atoms with Crippen LogP contribution in [-0.4, -0.2) is 34.0 Å². The molecule has 0 spiro atoms. The third kappa shape index (κ3) is 4.00. The Morgan fingerprint density at radius 2 is 1.95 bits per heavy atom. The van der Waals surface area contributed by atoms with Gasteiger partial charge in [0.05, 0.1) is 5.25 Å². The Hall–Kier alpha value is -1.49. The van der Waals surface area contributed by atoms with Crippen LogP contribution in [0.3, 0.4) is 0 Å². The van der Waals surface area contributed by atoms with E-state index in [1.807, 2.05) is 0 Å². The molecule has 2 rings (SSSR count). The molecule has 2 atom stereocenters. The summed E-state index contributed by atoms with van der Waals surface area (Å²) in [6.07, 6.45) is 0.632. The second-order valence-electron chi connectivity index (χ2n) is 6.37. The molecule has 5 heteroatoms. The van der Waals surface area contributed by atoms with Crippen LogP contribution in [0.2, 0.25) is 0 Å². The summed E-state index contributed by atoms with van der Waals surface area (Å²) in [5, 5.41) is 11.3. The van der Waals surface area contributed by atoms with Gasteiger partial charge in [-0.25, -0.2) is 4.79 Å². The van der Waals surface area contributed by atoms with Crippen molar-refractivity contribution >= 4 is 23.6 Å². The minimum atomic E-state index is -0.969. The third-order valence-electron chi connectivity index (χ3n) is 3.61. The zero-order valence-corrected chi connectivity index (χ0v) is 13.4. The Morgan fingerprint density at radius 3 is 2.43 bits per heavy atom. The van der Waals surface area contributed by atoms with Gasteiger partial charge in [-0.2, -0.15) is 0 Å². The Balaban J connectivity index is 1.99. The van der Waals surface area contributed by atoms with Gasteiger partial charge in [0.2, 0.25) is 5.91 Å². The van der Waals surface area contributed by atoms with Crippen LogP contribution < -0.4 is 5.32 Å². The molecule has 1 fully saturated rings. The van der Waals surface area contributed by atoms with Crippen LogP contribution in [0.1, 0.15) is 31.9 Å². The molecule has 1 aliphatic heterocycles. The van der Waals surface area contributed by atoms with Crippen LogP contribution >= 0.6 is 11.8 Å². The zero-order chi connectivity index (χ0) is 15.6. The number of benzene rings is 1. The molecule has 0 aromatic heterocycles. The molecule has 1 aliphatic rings. The topological polar surface area (TPSA) is 66.4 Å². The van der Waals surface area contributed by atoms with E-state index in [2.05, 4.69) is 50.4 Å². The van der Waals surface area contributed by atoms with Crippen LogP contribution in [0.5, 0.6) is 0 Å². The van der Waals surface area contributed by atoms with Gasteiger partial charge in [0, 0.05) is 5.75 Å². The smallest absolute Gasteiger partial charge is 0.327 e. The van der Waals surface area contributed by atoms with E-state index in [0.29, 0.717) is 12.2 Å². The molecule has 114 valence electrons. The molecule has 1 heterocycles. The van der Waals surface area contributed by atoms with Crippen molar-refractivity contribution in [1.29, 1.82) is 0 Å². The van der Waals surface area contributed by atoms with Crippen LogP contribution in [0.15, 0.2) is 24.3 Å². The fraction of sp³-hybridized carbons (Fsp3) is 0.500. The first-order chi connectivity index (χ1) is 9.77. The van der Waals surface area contributed by atoms with Gasteiger partial charge >= 0.3 is 5.97 Å². The fourth-order valence-corrected chi connectivity index (χ4v) is 3.41. The van der Waals surface area contributed by atoms with Gasteiger partial charge in [-0.1, -0.05) is 45.0 Å². The number of hydrogen-bond donors (Lipinski definition) is 2. The lowest BCUT2D eigenvalue weighted by Crippen LogP contribution is -2.51. The number of aliphatic carboxylic acids is 1. The van der Waals surface area contributed by atoms with Gasteiger partial charge in [0.15, 0.2) is 0 Å². The summed E-state index contributed by atoms with van der Waals surface area (Å²) >= 11 is 1.42. The molecular weight excluding hydrogens is 286 g/mol. The van der Waals surface area contributed by atoms with Crippen LogP contribution in [0.25, 0.3) is 0 Å². The Kier molecular flexibility index (Phi) is 4.61. The maximum absolute atomic E-state index is 11.9. The largest absolute Gasteiger partial charge is 0.480 e. The van der Waals surface area contributed by atoms with Gasteiger partial charge in [-0.05, 0) is 23.0 Å². The first-order valence-electron chi connectivity index (χ1n) is 7.01. The average molecular weight is 307 g/mol. The summed E-state index contributed by atoms with van der Waals surface area (Å²) in [5.41, 5.74) is 2.48. The van der Waals surface area contributed by atoms with Crippen LogP contribution in [-0.2, 0) is 21.4 Å². The summed E-state index contributed by atoms with van der Waals surface area (Å²) in [4.78, 5) is 22.8. The number of thioether (sulfide) groups is 1. The van der Waals surface area contributed by atoms with Crippen LogP contribution in [0, 0.1) is 0 Å². The summed E-state index contributed by atoms with van der Waals surface area (Å²) < 4.78 is 0. The Morgan fingerprint density at radius 1 is 1.33 bits per heavy atom. The SMILES string of the molecule is CC(C)(C)c1ccc(C[C@@H]2SC[C@H](C(=O)O)NC2=O)cc1. The van der Waals surface area contributed by atoms with Crippen molar-refractivity contribution in [3.05, 3.63) is 35.4 Å². The van der Waals surface area contributed by atoms with E-state index >= 15 is 0 Å². The molecule has 0 unspecified atom stereocenters. The van der Waals surface area contributed by atoms with Crippen molar-refractivity contribution in [2.45, 2.75) is 43.9 Å². The third-order valence-corrected chi connectivity index (χ3v) is 4.92. The maximum Gasteiger partial charge on any atom is 0.327 e. The monoisotopic (exact) mass is 307 g/mol. The van der Waals surface area contributed by atoms with Gasteiger partial charge in [0.25, 0.3) is 0 Å². The van der Waals surface area contributed by atoms with E-state index in [-0.39, 0.29) is 16.6 Å². The summed E-state index contributed by atoms with van der Waals surface area (Å²) in [7, 11) is 0. The van der Waals surface area contributed by atoms with Crippen molar-refractivity contribution in [2.75, 3.05) is 5.75 Å². The number of rotatable bonds is 3. The lowest BCUT2D eigenvalue weighted by molar-refractivity contribution is -0.141. The fourth-order valence-electron chi connectivity index (χ4n) is 2.23. The van der Waals surface area contributed by atoms with E-state index in [1.54, 1.807) is 0 Å². The lowest BCUT2D eigenvalue weighted by atomic mass is 9.86. The molecule has 1 amide bonds. The number of carbonyl (C=O) groups excluding carboxylic acids is 1. The van der Waals surface area contributed by atoms with Crippen molar-refractivity contribution in [2.24, 2.45) is 0 Å². The van der Waals surface area contributed by atoms with Crippen molar-refractivity contribution in [1.82, 2.24) is 5.32 Å². The first-order valence-corrected chi connectivity index (χ1v) is 8.06. The molecule has 0 aliphatic carbocycles. The molecule has 0 bridgehead atoms. The highest BCUT2D eigenvalue weighted by Gasteiger charge is 2.32. The van der Waals surface area contributed by atoms with Gasteiger partial charge in [0.1, 0.15) is 6.04 Å². The first kappa shape index (κ1) is 15.9. The Bertz CT molecular complexity index is 533. The average Bonchev–Trinajstić information content (AvgIpc) is 2.40. The molecule has 1 aromatic rings. The van der Waals surface area contributed by atoms with Crippen molar-refractivity contribution in [3.63, 3.8) is 0 Å². The number of carbonyl (C=O) groups is 2. The predicted molar refractivity (Wildman–Crippen MR) is 84.7 cm³/mol. The number of amides is 1. The minimum absolute atomic E-state index is 0.115. The van der Waals surface area contributed by atoms with E-state index in [4.69, 9.17) is 5.11 Å². The van der Waals surface area contributed by atoms with Crippen molar-refractivity contribution in [3.8, 4) is 0 Å². The second kappa shape index (κ2) is 6.10. The summed E-state index contributed by atoms with van der Waals surface area (Å²) in [6.45, 7) is 6.50. The highest BCUT2D eigenvalue weighted by molar-refractivity contribution is 8.00. The number of hydrogen-bond acceptors (Lipinski definition) is 3. The summed E-state index contributed by atoms with van der Waals surface area (Å²) in [5.74, 6) is -0.728. The molecule has 1 saturated heterocycles. The zero-order valence-electron chi connectivity index (χ0n) is 12.6. The Labute approximate surface area is 129 Å². The molecular formula is C16H21NO3S. The molecule has 0 radical (unpaired) electrons.